The van der Waals surface area contributed by atoms with Crippen LogP contribution in [0.2, 0.25) is 0 Å². The predicted molar refractivity (Wildman–Crippen MR) is 83.2 cm³/mol. The summed E-state index contributed by atoms with van der Waals surface area (Å²) in [5, 5.41) is 3.45. The smallest absolute Gasteiger partial charge is 0.329 e. The number of rotatable bonds is 1. The molecule has 0 aliphatic carbocycles. The molecule has 0 saturated carbocycles. The van der Waals surface area contributed by atoms with Crippen LogP contribution in [0.4, 0.5) is 0 Å². The van der Waals surface area contributed by atoms with Gasteiger partial charge >= 0.3 is 6.85 Å². The first-order chi connectivity index (χ1) is 7.99. The van der Waals surface area contributed by atoms with E-state index in [1.54, 1.807) is 0 Å². The van der Waals surface area contributed by atoms with E-state index in [1.165, 1.54) is 22.2 Å². The van der Waals surface area contributed by atoms with Crippen LogP contribution in [-0.2, 0) is 0 Å². The van der Waals surface area contributed by atoms with Crippen LogP contribution in [0.5, 0.6) is 0 Å². The number of hydrogen-bond donors (Lipinski definition) is 1. The lowest BCUT2D eigenvalue weighted by molar-refractivity contribution is 1.27. The Morgan fingerprint density at radius 1 is 1.00 bits per heavy atom. The quantitative estimate of drug-likeness (QED) is 0.601. The molecule has 0 atom stereocenters. The molecular weight excluding hydrogens is 341 g/mol. The lowest BCUT2D eigenvalue weighted by Gasteiger charge is -2.23. The first-order valence-electron chi connectivity index (χ1n) is 5.56. The van der Waals surface area contributed by atoms with E-state index in [0.29, 0.717) is 0 Å². The second kappa shape index (κ2) is 5.03. The zero-order chi connectivity index (χ0) is 12.6. The molecule has 88 valence electrons. The van der Waals surface area contributed by atoms with E-state index in [1.807, 2.05) is 6.08 Å². The summed E-state index contributed by atoms with van der Waals surface area (Å²) in [6.07, 6.45) is 4.10. The van der Waals surface area contributed by atoms with Gasteiger partial charge in [0.25, 0.3) is 0 Å². The van der Waals surface area contributed by atoms with Crippen molar-refractivity contribution >= 4 is 44.2 Å². The fraction of sp³-hybridized carbons (Fsp3) is 0.231. The third kappa shape index (κ3) is 2.68. The molecule has 1 aromatic rings. The minimum Gasteiger partial charge on any atom is -0.414 e. The molecule has 0 saturated heterocycles. The van der Waals surface area contributed by atoms with Gasteiger partial charge in [0, 0.05) is 0 Å². The fourth-order valence-corrected chi connectivity index (χ4v) is 3.20. The summed E-state index contributed by atoms with van der Waals surface area (Å²) in [5.41, 5.74) is 5.32. The molecule has 1 aromatic carbocycles. The Morgan fingerprint density at radius 2 is 1.59 bits per heavy atom. The standard InChI is InChI=1S/C13H14BBr2N/c1-8-6-9(2)13(10(3)7-8)14-11(15)4-5-12(16)17-14/h4-7,17H,1-3H3. The van der Waals surface area contributed by atoms with Crippen molar-refractivity contribution in [3.05, 3.63) is 50.0 Å². The number of benzene rings is 1. The highest BCUT2D eigenvalue weighted by Crippen LogP contribution is 2.19. The molecule has 0 amide bonds. The Hall–Kier alpha value is -0.475. The van der Waals surface area contributed by atoms with E-state index in [2.05, 4.69) is 76.1 Å². The first-order valence-corrected chi connectivity index (χ1v) is 7.15. The number of allylic oxidation sites excluding steroid dienone is 2. The molecule has 2 rings (SSSR count). The molecule has 1 heterocycles. The van der Waals surface area contributed by atoms with Crippen molar-refractivity contribution in [2.24, 2.45) is 0 Å². The summed E-state index contributed by atoms with van der Waals surface area (Å²) < 4.78 is 2.18. The van der Waals surface area contributed by atoms with Gasteiger partial charge in [-0.15, -0.1) is 0 Å². The van der Waals surface area contributed by atoms with Crippen LogP contribution >= 0.6 is 31.9 Å². The van der Waals surface area contributed by atoms with Gasteiger partial charge in [0.2, 0.25) is 0 Å². The second-order valence-electron chi connectivity index (χ2n) is 4.46. The Labute approximate surface area is 120 Å². The maximum Gasteiger partial charge on any atom is 0.329 e. The highest BCUT2D eigenvalue weighted by atomic mass is 79.9. The van der Waals surface area contributed by atoms with Gasteiger partial charge in [-0.25, -0.2) is 0 Å². The van der Waals surface area contributed by atoms with Gasteiger partial charge in [-0.05, 0) is 52.6 Å². The number of hydrogen-bond acceptors (Lipinski definition) is 1. The zero-order valence-electron chi connectivity index (χ0n) is 10.1. The minimum absolute atomic E-state index is 0.204. The van der Waals surface area contributed by atoms with Gasteiger partial charge in [-0.3, -0.25) is 0 Å². The molecular formula is C13H14BBr2N. The molecule has 1 nitrogen and oxygen atoms in total. The summed E-state index contributed by atoms with van der Waals surface area (Å²) in [5.74, 6) is 0. The summed E-state index contributed by atoms with van der Waals surface area (Å²) >= 11 is 7.14. The molecule has 0 radical (unpaired) electrons. The van der Waals surface area contributed by atoms with Crippen molar-refractivity contribution in [2.45, 2.75) is 20.8 Å². The SMILES string of the molecule is Cc1cc(C)c(B2NC(Br)=CC=C2Br)c(C)c1. The highest BCUT2D eigenvalue weighted by Gasteiger charge is 2.26. The number of halogens is 2. The van der Waals surface area contributed by atoms with E-state index in [0.717, 1.165) is 8.99 Å². The van der Waals surface area contributed by atoms with Crippen LogP contribution in [0.1, 0.15) is 16.7 Å². The van der Waals surface area contributed by atoms with Crippen LogP contribution in [-0.4, -0.2) is 6.85 Å². The van der Waals surface area contributed by atoms with Crippen LogP contribution < -0.4 is 10.7 Å². The van der Waals surface area contributed by atoms with E-state index in [-0.39, 0.29) is 6.85 Å². The molecule has 0 bridgehead atoms. The molecule has 1 N–H and O–H groups in total. The second-order valence-corrected chi connectivity index (χ2v) is 6.23. The van der Waals surface area contributed by atoms with Crippen molar-refractivity contribution in [3.8, 4) is 0 Å². The molecule has 0 fully saturated rings. The monoisotopic (exact) mass is 353 g/mol. The van der Waals surface area contributed by atoms with E-state index in [9.17, 15) is 0 Å². The number of nitrogens with one attached hydrogen (secondary N) is 1. The third-order valence-electron chi connectivity index (χ3n) is 2.97. The first kappa shape index (κ1) is 13.0. The van der Waals surface area contributed by atoms with E-state index in [4.69, 9.17) is 0 Å². The van der Waals surface area contributed by atoms with Gasteiger partial charge in [0.1, 0.15) is 0 Å². The molecule has 1 aliphatic heterocycles. The predicted octanol–water partition coefficient (Wildman–Crippen LogP) is 3.47. The van der Waals surface area contributed by atoms with Crippen molar-refractivity contribution in [1.82, 2.24) is 5.23 Å². The van der Waals surface area contributed by atoms with Crippen LogP contribution in [0.3, 0.4) is 0 Å². The Balaban J connectivity index is 2.49. The van der Waals surface area contributed by atoms with Gasteiger partial charge in [-0.2, -0.15) is 0 Å². The van der Waals surface area contributed by atoms with Gasteiger partial charge in [0.15, 0.2) is 0 Å². The lowest BCUT2D eigenvalue weighted by atomic mass is 9.52. The topological polar surface area (TPSA) is 12.0 Å². The molecule has 0 unspecified atom stereocenters. The molecule has 4 heteroatoms. The summed E-state index contributed by atoms with van der Waals surface area (Å²) in [4.78, 5) is 0. The summed E-state index contributed by atoms with van der Waals surface area (Å²) in [6, 6.07) is 4.47. The van der Waals surface area contributed by atoms with Crippen LogP contribution in [0, 0.1) is 20.8 Å². The molecule has 0 spiro atoms. The van der Waals surface area contributed by atoms with E-state index < -0.39 is 0 Å². The van der Waals surface area contributed by atoms with Gasteiger partial charge < -0.3 is 5.23 Å². The Kier molecular flexibility index (Phi) is 3.84. The van der Waals surface area contributed by atoms with Gasteiger partial charge in [0.05, 0.1) is 4.61 Å². The molecule has 17 heavy (non-hydrogen) atoms. The average molecular weight is 355 g/mol. The van der Waals surface area contributed by atoms with Crippen LogP contribution in [0.15, 0.2) is 33.3 Å². The van der Waals surface area contributed by atoms with Gasteiger partial charge in [-0.1, -0.05) is 50.8 Å². The summed E-state index contributed by atoms with van der Waals surface area (Å²) in [7, 11) is 0. The summed E-state index contributed by atoms with van der Waals surface area (Å²) in [6.45, 7) is 6.68. The third-order valence-corrected chi connectivity index (χ3v) is 4.19. The van der Waals surface area contributed by atoms with Crippen molar-refractivity contribution in [3.63, 3.8) is 0 Å². The molecule has 0 aromatic heterocycles. The Morgan fingerprint density at radius 3 is 2.18 bits per heavy atom. The molecule has 1 aliphatic rings. The Bertz CT molecular complexity index is 497. The number of aryl methyl sites for hydroxylation is 3. The van der Waals surface area contributed by atoms with E-state index >= 15 is 0 Å². The highest BCUT2D eigenvalue weighted by molar-refractivity contribution is 9.12. The average Bonchev–Trinajstić information content (AvgIpc) is 2.21. The normalized spacial score (nSPS) is 15.2. The maximum atomic E-state index is 3.64. The van der Waals surface area contributed by atoms with Crippen molar-refractivity contribution in [1.29, 1.82) is 0 Å². The van der Waals surface area contributed by atoms with Crippen molar-refractivity contribution < 1.29 is 0 Å². The fourth-order valence-electron chi connectivity index (χ4n) is 2.36. The maximum absolute atomic E-state index is 3.64. The largest absolute Gasteiger partial charge is 0.414 e. The van der Waals surface area contributed by atoms with Crippen molar-refractivity contribution in [2.75, 3.05) is 0 Å². The minimum atomic E-state index is 0.204. The zero-order valence-corrected chi connectivity index (χ0v) is 13.3. The lowest BCUT2D eigenvalue weighted by Crippen LogP contribution is -2.47. The van der Waals surface area contributed by atoms with Crippen LogP contribution in [0.25, 0.3) is 0 Å².